The largest absolute Gasteiger partial charge is 0.465 e. The lowest BCUT2D eigenvalue weighted by Crippen LogP contribution is -2.53. The molecule has 4 aromatic rings. The first kappa shape index (κ1) is 30.3. The zero-order chi connectivity index (χ0) is 31.4. The molecule has 2 amide bonds. The lowest BCUT2D eigenvalue weighted by atomic mass is 9.71. The van der Waals surface area contributed by atoms with Gasteiger partial charge >= 0.3 is 12.2 Å². The number of hydrogen-bond donors (Lipinski definition) is 3. The highest BCUT2D eigenvalue weighted by molar-refractivity contribution is 7.24. The third-order valence-electron chi connectivity index (χ3n) is 8.33. The van der Waals surface area contributed by atoms with Crippen LogP contribution in [0, 0.1) is 5.41 Å². The second kappa shape index (κ2) is 11.0. The zero-order valence-corrected chi connectivity index (χ0v) is 27.4. The molecule has 2 saturated heterocycles. The van der Waals surface area contributed by atoms with E-state index in [4.69, 9.17) is 9.72 Å². The van der Waals surface area contributed by atoms with Crippen LogP contribution in [0.4, 0.5) is 9.59 Å². The fraction of sp³-hybridized carbons (Fsp3) is 0.533. The molecule has 2 aliphatic rings. The van der Waals surface area contributed by atoms with Crippen LogP contribution in [-0.4, -0.2) is 75.7 Å². The molecule has 0 saturated carbocycles. The molecule has 0 spiro atoms. The number of hydrogen-bond acceptors (Lipinski definition) is 9. The molecule has 0 unspecified atom stereocenters. The van der Waals surface area contributed by atoms with Gasteiger partial charge in [0.25, 0.3) is 0 Å². The molecule has 2 aliphatic heterocycles. The van der Waals surface area contributed by atoms with Crippen molar-refractivity contribution in [3.63, 3.8) is 0 Å². The lowest BCUT2D eigenvalue weighted by molar-refractivity contribution is 0.0214. The van der Waals surface area contributed by atoms with E-state index >= 15 is 0 Å². The van der Waals surface area contributed by atoms with Crippen molar-refractivity contribution in [2.75, 3.05) is 13.1 Å². The number of imidazole rings is 2. The Morgan fingerprint density at radius 3 is 2.39 bits per heavy atom. The van der Waals surface area contributed by atoms with Crippen LogP contribution in [0.15, 0.2) is 24.8 Å². The van der Waals surface area contributed by atoms with Gasteiger partial charge in [0.05, 0.1) is 27.7 Å². The number of aromatic amines is 2. The highest BCUT2D eigenvalue weighted by Gasteiger charge is 2.55. The van der Waals surface area contributed by atoms with E-state index in [9.17, 15) is 14.7 Å². The average Bonchev–Trinajstić information content (AvgIpc) is 3.77. The number of aromatic nitrogens is 6. The maximum absolute atomic E-state index is 12.8. The predicted octanol–water partition coefficient (Wildman–Crippen LogP) is 7.13. The van der Waals surface area contributed by atoms with E-state index in [2.05, 4.69) is 45.7 Å². The minimum Gasteiger partial charge on any atom is -0.465 e. The second-order valence-electron chi connectivity index (χ2n) is 13.4. The first-order valence-electron chi connectivity index (χ1n) is 14.8. The molecule has 6 heterocycles. The Balaban J connectivity index is 1.20. The normalized spacial score (nSPS) is 20.9. The van der Waals surface area contributed by atoms with Crippen molar-refractivity contribution < 1.29 is 19.4 Å². The average molecular weight is 639 g/mol. The fourth-order valence-corrected chi connectivity index (χ4v) is 8.12. The van der Waals surface area contributed by atoms with E-state index in [0.29, 0.717) is 25.3 Å². The van der Waals surface area contributed by atoms with Gasteiger partial charge in [0.2, 0.25) is 0 Å². The summed E-state index contributed by atoms with van der Waals surface area (Å²) < 4.78 is 5.61. The van der Waals surface area contributed by atoms with Crippen LogP contribution in [0.2, 0.25) is 0 Å². The maximum atomic E-state index is 12.8. The third-order valence-corrected chi connectivity index (χ3v) is 10.5. The highest BCUT2D eigenvalue weighted by atomic mass is 32.1. The minimum absolute atomic E-state index is 0.157. The Bertz CT molecular complexity index is 1680. The Labute approximate surface area is 263 Å². The van der Waals surface area contributed by atoms with Crippen molar-refractivity contribution in [3.8, 4) is 31.2 Å². The van der Waals surface area contributed by atoms with E-state index in [0.717, 1.165) is 56.2 Å². The smallest absolute Gasteiger partial charge is 0.410 e. The van der Waals surface area contributed by atoms with Gasteiger partial charge in [-0.15, -0.1) is 22.7 Å². The summed E-state index contributed by atoms with van der Waals surface area (Å²) in [6.07, 6.45) is 9.17. The standard InChI is InChI=1S/C30H38N8O4S2/c1-28(2,3)30(10-8-12-38(30)26(39)40)25-34-14-18(36-25)21-16-33-24(44-21)23-32-15-20(43-23)17-13-31-22(35-17)19-9-7-11-37(19)27(41)42-29(4,5)6/h13-16,19H,7-12H2,1-6H3,(H,31,35)(H,34,36)(H,39,40)/t19-,30+/m0/s1. The number of nitrogens with zero attached hydrogens (tertiary/aromatic N) is 6. The molecule has 0 aliphatic carbocycles. The van der Waals surface area contributed by atoms with E-state index in [1.807, 2.05) is 27.0 Å². The summed E-state index contributed by atoms with van der Waals surface area (Å²) in [6, 6.07) is -0.157. The molecule has 2 fully saturated rings. The third kappa shape index (κ3) is 5.38. The van der Waals surface area contributed by atoms with Crippen molar-refractivity contribution in [2.45, 2.75) is 84.4 Å². The topological polar surface area (TPSA) is 153 Å². The van der Waals surface area contributed by atoms with Crippen molar-refractivity contribution in [1.29, 1.82) is 0 Å². The van der Waals surface area contributed by atoms with Crippen LogP contribution in [0.5, 0.6) is 0 Å². The summed E-state index contributed by atoms with van der Waals surface area (Å²) in [5, 5.41) is 11.5. The van der Waals surface area contributed by atoms with Gasteiger partial charge < -0.3 is 19.8 Å². The van der Waals surface area contributed by atoms with E-state index in [1.54, 1.807) is 23.5 Å². The molecule has 12 nitrogen and oxygen atoms in total. The number of amides is 2. The zero-order valence-electron chi connectivity index (χ0n) is 25.8. The number of ether oxygens (including phenoxy) is 1. The number of likely N-dealkylation sites (tertiary alicyclic amines) is 2. The Morgan fingerprint density at radius 2 is 1.70 bits per heavy atom. The lowest BCUT2D eigenvalue weighted by Gasteiger charge is -2.45. The quantitative estimate of drug-likeness (QED) is 0.209. The Morgan fingerprint density at radius 1 is 1.00 bits per heavy atom. The molecular weight excluding hydrogens is 601 g/mol. The number of thiazole rings is 2. The van der Waals surface area contributed by atoms with Gasteiger partial charge in [-0.3, -0.25) is 9.80 Å². The van der Waals surface area contributed by atoms with Gasteiger partial charge in [-0.25, -0.2) is 29.5 Å². The number of carbonyl (C=O) groups is 2. The van der Waals surface area contributed by atoms with Gasteiger partial charge in [-0.05, 0) is 51.9 Å². The van der Waals surface area contributed by atoms with Gasteiger partial charge in [0.1, 0.15) is 28.5 Å². The van der Waals surface area contributed by atoms with Crippen molar-refractivity contribution >= 4 is 34.9 Å². The second-order valence-corrected chi connectivity index (χ2v) is 15.4. The van der Waals surface area contributed by atoms with Crippen LogP contribution >= 0.6 is 22.7 Å². The van der Waals surface area contributed by atoms with Crippen LogP contribution in [0.1, 0.15) is 84.9 Å². The predicted molar refractivity (Wildman–Crippen MR) is 168 cm³/mol. The molecule has 4 aromatic heterocycles. The van der Waals surface area contributed by atoms with E-state index < -0.39 is 17.2 Å². The van der Waals surface area contributed by atoms with E-state index in [1.165, 1.54) is 27.6 Å². The molecule has 6 rings (SSSR count). The number of nitrogens with one attached hydrogen (secondary N) is 2. The van der Waals surface area contributed by atoms with Crippen molar-refractivity contribution in [3.05, 3.63) is 36.4 Å². The molecule has 0 radical (unpaired) electrons. The number of rotatable bonds is 5. The van der Waals surface area contributed by atoms with E-state index in [-0.39, 0.29) is 17.6 Å². The van der Waals surface area contributed by atoms with Gasteiger partial charge in [0.15, 0.2) is 10.0 Å². The molecule has 2 atom stereocenters. The SMILES string of the molecule is CC(C)(C)OC(=O)N1CCC[C@H]1c1ncc(-c2cnc(-c3ncc(-c4c[nH]c([C@@]5(C(C)(C)C)CCCN5C(=O)O)n4)s3)s2)[nH]1. The number of carbonyl (C=O) groups excluding carboxylic acids is 1. The monoisotopic (exact) mass is 638 g/mol. The maximum Gasteiger partial charge on any atom is 0.410 e. The highest BCUT2D eigenvalue weighted by Crippen LogP contribution is 2.50. The summed E-state index contributed by atoms with van der Waals surface area (Å²) in [6.45, 7) is 12.9. The summed E-state index contributed by atoms with van der Waals surface area (Å²) >= 11 is 3.00. The Kier molecular flexibility index (Phi) is 7.55. The molecule has 0 aromatic carbocycles. The van der Waals surface area contributed by atoms with Crippen LogP contribution in [0.3, 0.4) is 0 Å². The number of H-pyrrole nitrogens is 2. The van der Waals surface area contributed by atoms with Crippen molar-refractivity contribution in [1.82, 2.24) is 39.7 Å². The van der Waals surface area contributed by atoms with Crippen molar-refractivity contribution in [2.24, 2.45) is 5.41 Å². The Hall–Kier alpha value is -3.78. The van der Waals surface area contributed by atoms with Gasteiger partial charge in [0, 0.05) is 31.7 Å². The molecule has 234 valence electrons. The molecule has 14 heteroatoms. The molecule has 3 N–H and O–H groups in total. The van der Waals surface area contributed by atoms with Crippen LogP contribution in [-0.2, 0) is 10.3 Å². The van der Waals surface area contributed by atoms with Gasteiger partial charge in [-0.2, -0.15) is 0 Å². The van der Waals surface area contributed by atoms with Crippen LogP contribution in [0.25, 0.3) is 31.2 Å². The first-order chi connectivity index (χ1) is 20.8. The molecular formula is C30H38N8O4S2. The summed E-state index contributed by atoms with van der Waals surface area (Å²) in [4.78, 5) is 55.5. The number of carboxylic acid groups (broad SMARTS) is 1. The molecule has 44 heavy (non-hydrogen) atoms. The minimum atomic E-state index is -0.928. The fourth-order valence-electron chi connectivity index (χ4n) is 6.33. The molecule has 0 bridgehead atoms. The summed E-state index contributed by atoms with van der Waals surface area (Å²) in [5.74, 6) is 1.40. The first-order valence-corrected chi connectivity index (χ1v) is 16.4. The summed E-state index contributed by atoms with van der Waals surface area (Å²) in [5.41, 5.74) is -0.0870. The summed E-state index contributed by atoms with van der Waals surface area (Å²) in [7, 11) is 0. The van der Waals surface area contributed by atoms with Gasteiger partial charge in [-0.1, -0.05) is 20.8 Å². The van der Waals surface area contributed by atoms with Crippen LogP contribution < -0.4 is 0 Å².